The quantitative estimate of drug-likeness (QED) is 0.293. The van der Waals surface area contributed by atoms with Gasteiger partial charge in [0.05, 0.1) is 25.8 Å². The van der Waals surface area contributed by atoms with Crippen molar-refractivity contribution in [3.63, 3.8) is 0 Å². The van der Waals surface area contributed by atoms with Crippen molar-refractivity contribution in [1.29, 1.82) is 0 Å². The van der Waals surface area contributed by atoms with E-state index in [1.165, 1.54) is 0 Å². The van der Waals surface area contributed by atoms with E-state index in [-0.39, 0.29) is 0 Å². The molecule has 0 bridgehead atoms. The summed E-state index contributed by atoms with van der Waals surface area (Å²) in [6.07, 6.45) is 0. The van der Waals surface area contributed by atoms with Crippen LogP contribution in [0.15, 0.2) is 107 Å². The highest BCUT2D eigenvalue weighted by molar-refractivity contribution is 7.99. The second-order valence-corrected chi connectivity index (χ2v) is 9.89. The van der Waals surface area contributed by atoms with Crippen molar-refractivity contribution in [1.82, 2.24) is 4.90 Å². The van der Waals surface area contributed by atoms with E-state index in [1.807, 2.05) is 54.6 Å². The van der Waals surface area contributed by atoms with Gasteiger partial charge in [0.1, 0.15) is 0 Å². The Morgan fingerprint density at radius 3 is 2.14 bits per heavy atom. The molecule has 180 valence electrons. The number of amidine groups is 1. The normalized spacial score (nSPS) is 18.4. The summed E-state index contributed by atoms with van der Waals surface area (Å²) < 4.78 is 11.4. The average Bonchev–Trinajstić information content (AvgIpc) is 3.29. The van der Waals surface area contributed by atoms with Gasteiger partial charge in [0, 0.05) is 26.6 Å². The highest BCUT2D eigenvalue weighted by Gasteiger charge is 2.56. The Morgan fingerprint density at radius 2 is 1.44 bits per heavy atom. The molecule has 0 saturated carbocycles. The van der Waals surface area contributed by atoms with Gasteiger partial charge in [-0.05, 0) is 30.3 Å². The molecular weight excluding hydrogens is 490 g/mol. The summed E-state index contributed by atoms with van der Waals surface area (Å²) in [7, 11) is 3.33. The van der Waals surface area contributed by atoms with Crippen LogP contribution in [0.5, 0.6) is 11.5 Å². The van der Waals surface area contributed by atoms with Crippen molar-refractivity contribution in [2.75, 3.05) is 25.1 Å². The summed E-state index contributed by atoms with van der Waals surface area (Å²) in [6, 6.07) is 32.7. The lowest BCUT2D eigenvalue weighted by molar-refractivity contribution is 0.257. The molecule has 1 atom stereocenters. The Bertz CT molecular complexity index is 1450. The second kappa shape index (κ2) is 9.12. The van der Waals surface area contributed by atoms with Gasteiger partial charge >= 0.3 is 0 Å². The fourth-order valence-corrected chi connectivity index (χ4v) is 6.44. The maximum atomic E-state index is 7.00. The Kier molecular flexibility index (Phi) is 5.78. The smallest absolute Gasteiger partial charge is 0.191 e. The number of thioether (sulfide) groups is 1. The maximum Gasteiger partial charge on any atom is 0.191 e. The molecule has 0 amide bonds. The largest absolute Gasteiger partial charge is 0.493 e. The van der Waals surface area contributed by atoms with Crippen LogP contribution in [0.2, 0.25) is 5.02 Å². The van der Waals surface area contributed by atoms with E-state index in [2.05, 4.69) is 52.4 Å². The Morgan fingerprint density at radius 1 is 0.806 bits per heavy atom. The van der Waals surface area contributed by atoms with Crippen LogP contribution in [-0.2, 0) is 5.66 Å². The Balaban J connectivity index is 1.72. The van der Waals surface area contributed by atoms with E-state index in [1.54, 1.807) is 26.0 Å². The number of para-hydroxylation sites is 1. The van der Waals surface area contributed by atoms with E-state index >= 15 is 0 Å². The SMILES string of the molecule is COc1cc2c(cc1OC)C1(c3ccccc3Cl)N(CS2)C(c2ccccc2)=NN1c1ccccc1. The zero-order valence-electron chi connectivity index (χ0n) is 19.9. The minimum Gasteiger partial charge on any atom is -0.493 e. The number of nitrogens with zero attached hydrogens (tertiary/aromatic N) is 3. The molecule has 0 radical (unpaired) electrons. The van der Waals surface area contributed by atoms with Gasteiger partial charge in [-0.25, -0.2) is 5.01 Å². The standard InChI is InChI=1S/C29H24ClN3O2S/c1-34-25-17-23-27(18-26(25)35-2)36-19-32-28(20-11-5-3-6-12-20)31-33(21-13-7-4-8-14-21)29(23,32)22-15-9-10-16-24(22)30/h3-18H,19H2,1-2H3. The van der Waals surface area contributed by atoms with Gasteiger partial charge in [-0.1, -0.05) is 78.3 Å². The van der Waals surface area contributed by atoms with E-state index in [9.17, 15) is 0 Å². The number of hydrogen-bond donors (Lipinski definition) is 0. The molecule has 0 aromatic heterocycles. The summed E-state index contributed by atoms with van der Waals surface area (Å²) >= 11 is 8.75. The fourth-order valence-electron chi connectivity index (χ4n) is 5.05. The zero-order valence-corrected chi connectivity index (χ0v) is 21.5. The first-order valence-corrected chi connectivity index (χ1v) is 13.0. The van der Waals surface area contributed by atoms with Crippen LogP contribution in [-0.4, -0.2) is 30.8 Å². The van der Waals surface area contributed by atoms with Gasteiger partial charge in [0.25, 0.3) is 0 Å². The first kappa shape index (κ1) is 22.8. The summed E-state index contributed by atoms with van der Waals surface area (Å²) in [6.45, 7) is 0. The number of ether oxygens (including phenoxy) is 2. The van der Waals surface area contributed by atoms with Gasteiger partial charge < -0.3 is 14.4 Å². The van der Waals surface area contributed by atoms with Crippen LogP contribution in [0, 0.1) is 0 Å². The van der Waals surface area contributed by atoms with Crippen molar-refractivity contribution in [2.45, 2.75) is 10.6 Å². The molecule has 0 fully saturated rings. The predicted molar refractivity (Wildman–Crippen MR) is 146 cm³/mol. The number of benzene rings is 4. The lowest BCUT2D eigenvalue weighted by Gasteiger charge is -2.48. The minimum atomic E-state index is -0.842. The van der Waals surface area contributed by atoms with Crippen LogP contribution >= 0.6 is 23.4 Å². The van der Waals surface area contributed by atoms with Gasteiger partial charge in [-0.3, -0.25) is 0 Å². The van der Waals surface area contributed by atoms with Crippen molar-refractivity contribution in [3.05, 3.63) is 119 Å². The third-order valence-electron chi connectivity index (χ3n) is 6.64. The molecule has 2 heterocycles. The van der Waals surface area contributed by atoms with Crippen molar-refractivity contribution < 1.29 is 9.47 Å². The number of methoxy groups -OCH3 is 2. The molecule has 5 nitrogen and oxygen atoms in total. The van der Waals surface area contributed by atoms with E-state index in [4.69, 9.17) is 26.2 Å². The number of halogens is 1. The van der Waals surface area contributed by atoms with Crippen molar-refractivity contribution in [3.8, 4) is 11.5 Å². The summed E-state index contributed by atoms with van der Waals surface area (Å²) in [5, 5.41) is 8.06. The summed E-state index contributed by atoms with van der Waals surface area (Å²) in [5.74, 6) is 2.91. The molecule has 2 aliphatic rings. The Hall–Kier alpha value is -3.61. The third kappa shape index (κ3) is 3.36. The number of anilines is 1. The molecule has 4 aromatic carbocycles. The monoisotopic (exact) mass is 513 g/mol. The molecular formula is C29H24ClN3O2S. The molecule has 4 aromatic rings. The highest BCUT2D eigenvalue weighted by Crippen LogP contribution is 2.56. The molecule has 0 aliphatic carbocycles. The zero-order chi connectivity index (χ0) is 24.7. The highest BCUT2D eigenvalue weighted by atomic mass is 35.5. The molecule has 2 aliphatic heterocycles. The molecule has 0 saturated heterocycles. The lowest BCUT2D eigenvalue weighted by atomic mass is 9.87. The first-order chi connectivity index (χ1) is 17.7. The topological polar surface area (TPSA) is 37.3 Å². The van der Waals surface area contributed by atoms with E-state index in [0.717, 1.165) is 33.1 Å². The van der Waals surface area contributed by atoms with Gasteiger partial charge in [-0.2, -0.15) is 5.10 Å². The number of hydrazone groups is 1. The summed E-state index contributed by atoms with van der Waals surface area (Å²) in [5.41, 5.74) is 3.13. The maximum absolute atomic E-state index is 7.00. The van der Waals surface area contributed by atoms with Gasteiger partial charge in [-0.15, -0.1) is 11.8 Å². The number of rotatable bonds is 5. The van der Waals surface area contributed by atoms with Crippen LogP contribution in [0.1, 0.15) is 16.7 Å². The van der Waals surface area contributed by atoms with Gasteiger partial charge in [0.2, 0.25) is 0 Å². The van der Waals surface area contributed by atoms with E-state index in [0.29, 0.717) is 22.4 Å². The third-order valence-corrected chi connectivity index (χ3v) is 8.01. The summed E-state index contributed by atoms with van der Waals surface area (Å²) in [4.78, 5) is 3.43. The lowest BCUT2D eigenvalue weighted by Crippen LogP contribution is -2.56. The van der Waals surface area contributed by atoms with Gasteiger partial charge in [0.15, 0.2) is 23.0 Å². The number of fused-ring (bicyclic) bond motifs is 3. The van der Waals surface area contributed by atoms with Crippen LogP contribution in [0.3, 0.4) is 0 Å². The van der Waals surface area contributed by atoms with Crippen LogP contribution in [0.4, 0.5) is 5.69 Å². The molecule has 1 unspecified atom stereocenters. The molecule has 7 heteroatoms. The molecule has 36 heavy (non-hydrogen) atoms. The van der Waals surface area contributed by atoms with Crippen molar-refractivity contribution >= 4 is 34.9 Å². The predicted octanol–water partition coefficient (Wildman–Crippen LogP) is 6.81. The van der Waals surface area contributed by atoms with Crippen LogP contribution in [0.25, 0.3) is 0 Å². The molecule has 6 rings (SSSR count). The second-order valence-electron chi connectivity index (χ2n) is 8.49. The minimum absolute atomic E-state index is 0.659. The fraction of sp³-hybridized carbons (Fsp3) is 0.138. The number of hydrogen-bond acceptors (Lipinski definition) is 6. The van der Waals surface area contributed by atoms with Crippen LogP contribution < -0.4 is 14.5 Å². The van der Waals surface area contributed by atoms with Crippen molar-refractivity contribution in [2.24, 2.45) is 5.10 Å². The first-order valence-electron chi connectivity index (χ1n) is 11.6. The average molecular weight is 514 g/mol. The Labute approximate surface area is 219 Å². The molecule has 0 spiro atoms. The van der Waals surface area contributed by atoms with E-state index < -0.39 is 5.66 Å². The molecule has 0 N–H and O–H groups in total.